The third-order valence-electron chi connectivity index (χ3n) is 3.92. The molecule has 3 rings (SSSR count). The monoisotopic (exact) mass is 342 g/mol. The summed E-state index contributed by atoms with van der Waals surface area (Å²) in [5.41, 5.74) is 1.49. The molecular weight excluding hydrogens is 324 g/mol. The highest BCUT2D eigenvalue weighted by atomic mass is 16.6. The first-order valence-electron chi connectivity index (χ1n) is 7.73. The standard InChI is InChI=1S/C19H18O6/c1-23-16-10-13(5-6-14(16)22)19-18(11-21)24-15-7-4-12(3-2-8-20)9-17(15)25-19/h2-10,18-19,21-22H,11H2,1H3/b3-2+/t18-,19-/m1/s1. The number of phenols is 1. The first-order valence-corrected chi connectivity index (χ1v) is 7.73. The summed E-state index contributed by atoms with van der Waals surface area (Å²) in [5, 5.41) is 19.4. The number of allylic oxidation sites excluding steroid dienone is 1. The van der Waals surface area contributed by atoms with E-state index in [-0.39, 0.29) is 12.4 Å². The molecule has 0 aromatic heterocycles. The van der Waals surface area contributed by atoms with E-state index in [0.29, 0.717) is 29.1 Å². The highest BCUT2D eigenvalue weighted by Gasteiger charge is 2.33. The van der Waals surface area contributed by atoms with Crippen LogP contribution < -0.4 is 14.2 Å². The van der Waals surface area contributed by atoms with Gasteiger partial charge in [0.1, 0.15) is 6.29 Å². The number of phenolic OH excluding ortho intramolecular Hbond substituents is 1. The number of methoxy groups -OCH3 is 1. The normalized spacial score (nSPS) is 19.0. The minimum Gasteiger partial charge on any atom is -0.504 e. The lowest BCUT2D eigenvalue weighted by molar-refractivity contribution is -0.104. The highest BCUT2D eigenvalue weighted by molar-refractivity contribution is 5.74. The number of benzene rings is 2. The number of aldehydes is 1. The van der Waals surface area contributed by atoms with Gasteiger partial charge in [-0.15, -0.1) is 0 Å². The molecule has 0 radical (unpaired) electrons. The number of hydrogen-bond acceptors (Lipinski definition) is 6. The lowest BCUT2D eigenvalue weighted by Crippen LogP contribution is -2.36. The van der Waals surface area contributed by atoms with Gasteiger partial charge in [0, 0.05) is 5.56 Å². The van der Waals surface area contributed by atoms with Crippen molar-refractivity contribution in [1.29, 1.82) is 0 Å². The average Bonchev–Trinajstić information content (AvgIpc) is 2.65. The predicted molar refractivity (Wildman–Crippen MR) is 91.1 cm³/mol. The van der Waals surface area contributed by atoms with Crippen LogP contribution in [0.4, 0.5) is 0 Å². The SMILES string of the molecule is COc1cc([C@H]2Oc3cc(/C=C/C=O)ccc3O[C@@H]2CO)ccc1O. The number of hydrogen-bond donors (Lipinski definition) is 2. The Bertz CT molecular complexity index is 798. The van der Waals surface area contributed by atoms with Gasteiger partial charge in [-0.1, -0.05) is 18.2 Å². The van der Waals surface area contributed by atoms with Gasteiger partial charge in [-0.3, -0.25) is 4.79 Å². The summed E-state index contributed by atoms with van der Waals surface area (Å²) in [5.74, 6) is 1.36. The van der Waals surface area contributed by atoms with Crippen molar-refractivity contribution in [2.45, 2.75) is 12.2 Å². The highest BCUT2D eigenvalue weighted by Crippen LogP contribution is 2.41. The Kier molecular flexibility index (Phi) is 4.90. The zero-order valence-corrected chi connectivity index (χ0v) is 13.6. The molecule has 0 unspecified atom stereocenters. The molecule has 0 bridgehead atoms. The molecule has 0 fully saturated rings. The third-order valence-corrected chi connectivity index (χ3v) is 3.92. The maximum absolute atomic E-state index is 10.5. The second kappa shape index (κ2) is 7.27. The minimum atomic E-state index is -0.599. The van der Waals surface area contributed by atoms with Gasteiger partial charge in [-0.25, -0.2) is 0 Å². The number of ether oxygens (including phenoxy) is 3. The van der Waals surface area contributed by atoms with Crippen molar-refractivity contribution in [3.63, 3.8) is 0 Å². The maximum Gasteiger partial charge on any atom is 0.163 e. The fourth-order valence-corrected chi connectivity index (χ4v) is 2.69. The molecule has 1 aliphatic rings. The second-order valence-electron chi connectivity index (χ2n) is 5.51. The Hall–Kier alpha value is -2.99. The molecule has 0 saturated carbocycles. The topological polar surface area (TPSA) is 85.2 Å². The molecule has 6 nitrogen and oxygen atoms in total. The molecule has 0 amide bonds. The van der Waals surface area contributed by atoms with Gasteiger partial charge >= 0.3 is 0 Å². The smallest absolute Gasteiger partial charge is 0.163 e. The van der Waals surface area contributed by atoms with E-state index in [9.17, 15) is 15.0 Å². The predicted octanol–water partition coefficient (Wildman–Crippen LogP) is 2.49. The third kappa shape index (κ3) is 3.44. The van der Waals surface area contributed by atoms with Crippen LogP contribution in [0.2, 0.25) is 0 Å². The van der Waals surface area contributed by atoms with E-state index >= 15 is 0 Å². The molecule has 0 saturated heterocycles. The summed E-state index contributed by atoms with van der Waals surface area (Å²) in [4.78, 5) is 10.5. The zero-order chi connectivity index (χ0) is 17.8. The first-order chi connectivity index (χ1) is 12.2. The molecule has 2 N–H and O–H groups in total. The fraction of sp³-hybridized carbons (Fsp3) is 0.211. The molecule has 1 aliphatic heterocycles. The van der Waals surface area contributed by atoms with Crippen LogP contribution in [-0.4, -0.2) is 36.3 Å². The van der Waals surface area contributed by atoms with E-state index in [1.165, 1.54) is 19.3 Å². The Balaban J connectivity index is 1.96. The van der Waals surface area contributed by atoms with Crippen LogP contribution in [0.3, 0.4) is 0 Å². The number of carbonyl (C=O) groups is 1. The Morgan fingerprint density at radius 1 is 1.16 bits per heavy atom. The van der Waals surface area contributed by atoms with Crippen LogP contribution in [0.5, 0.6) is 23.0 Å². The molecule has 25 heavy (non-hydrogen) atoms. The van der Waals surface area contributed by atoms with Crippen LogP contribution >= 0.6 is 0 Å². The van der Waals surface area contributed by atoms with Gasteiger partial charge in [0.2, 0.25) is 0 Å². The van der Waals surface area contributed by atoms with E-state index in [2.05, 4.69) is 0 Å². The van der Waals surface area contributed by atoms with E-state index in [1.54, 1.807) is 36.4 Å². The Morgan fingerprint density at radius 2 is 2.00 bits per heavy atom. The van der Waals surface area contributed by atoms with Crippen LogP contribution in [0.15, 0.2) is 42.5 Å². The molecule has 6 heteroatoms. The molecular formula is C19H18O6. The van der Waals surface area contributed by atoms with E-state index in [1.807, 2.05) is 0 Å². The minimum absolute atomic E-state index is 0.0187. The number of aromatic hydroxyl groups is 1. The van der Waals surface area contributed by atoms with Crippen LogP contribution in [0.25, 0.3) is 6.08 Å². The lowest BCUT2D eigenvalue weighted by atomic mass is 10.0. The quantitative estimate of drug-likeness (QED) is 0.641. The van der Waals surface area contributed by atoms with Gasteiger partial charge < -0.3 is 24.4 Å². The summed E-state index contributed by atoms with van der Waals surface area (Å²) in [6.45, 7) is -0.236. The molecule has 0 spiro atoms. The molecule has 2 aromatic carbocycles. The van der Waals surface area contributed by atoms with Crippen molar-refractivity contribution >= 4 is 12.4 Å². The molecule has 0 aliphatic carbocycles. The van der Waals surface area contributed by atoms with E-state index < -0.39 is 12.2 Å². The second-order valence-corrected chi connectivity index (χ2v) is 5.51. The number of carbonyl (C=O) groups excluding carboxylic acids is 1. The van der Waals surface area contributed by atoms with Crippen molar-refractivity contribution in [1.82, 2.24) is 0 Å². The summed E-state index contributed by atoms with van der Waals surface area (Å²) >= 11 is 0. The summed E-state index contributed by atoms with van der Waals surface area (Å²) in [7, 11) is 1.46. The van der Waals surface area contributed by atoms with Crippen LogP contribution in [0.1, 0.15) is 17.2 Å². The fourth-order valence-electron chi connectivity index (χ4n) is 2.69. The molecule has 130 valence electrons. The van der Waals surface area contributed by atoms with Crippen LogP contribution in [-0.2, 0) is 4.79 Å². The molecule has 2 atom stereocenters. The number of aliphatic hydroxyl groups excluding tert-OH is 1. The Morgan fingerprint density at radius 3 is 2.72 bits per heavy atom. The van der Waals surface area contributed by atoms with Crippen molar-refractivity contribution < 1.29 is 29.2 Å². The van der Waals surface area contributed by atoms with E-state index in [0.717, 1.165) is 5.56 Å². The lowest BCUT2D eigenvalue weighted by Gasteiger charge is -2.33. The van der Waals surface area contributed by atoms with Crippen molar-refractivity contribution in [3.05, 3.63) is 53.6 Å². The molecule has 1 heterocycles. The summed E-state index contributed by atoms with van der Waals surface area (Å²) < 4.78 is 17.0. The molecule has 2 aromatic rings. The van der Waals surface area contributed by atoms with Crippen molar-refractivity contribution in [3.8, 4) is 23.0 Å². The van der Waals surface area contributed by atoms with Gasteiger partial charge in [0.15, 0.2) is 35.2 Å². The summed E-state index contributed by atoms with van der Waals surface area (Å²) in [6, 6.07) is 10.1. The van der Waals surface area contributed by atoms with Crippen LogP contribution in [0, 0.1) is 0 Å². The number of fused-ring (bicyclic) bond motifs is 1. The van der Waals surface area contributed by atoms with Gasteiger partial charge in [-0.05, 0) is 35.9 Å². The van der Waals surface area contributed by atoms with E-state index in [4.69, 9.17) is 14.2 Å². The van der Waals surface area contributed by atoms with Crippen molar-refractivity contribution in [2.24, 2.45) is 0 Å². The number of aliphatic hydroxyl groups is 1. The largest absolute Gasteiger partial charge is 0.504 e. The Labute approximate surface area is 144 Å². The first kappa shape index (κ1) is 16.9. The zero-order valence-electron chi connectivity index (χ0n) is 13.6. The van der Waals surface area contributed by atoms with Gasteiger partial charge in [-0.2, -0.15) is 0 Å². The average molecular weight is 342 g/mol. The maximum atomic E-state index is 10.5. The van der Waals surface area contributed by atoms with Gasteiger partial charge in [0.05, 0.1) is 13.7 Å². The van der Waals surface area contributed by atoms with Crippen molar-refractivity contribution in [2.75, 3.05) is 13.7 Å². The van der Waals surface area contributed by atoms with Gasteiger partial charge in [0.25, 0.3) is 0 Å². The number of rotatable bonds is 5. The summed E-state index contributed by atoms with van der Waals surface area (Å²) in [6.07, 6.45) is 2.58.